The maximum absolute atomic E-state index is 12.5. The first-order chi connectivity index (χ1) is 13.1. The molecule has 1 N–H and O–H groups in total. The number of hydrogen-bond donors (Lipinski definition) is 1. The molecule has 1 aliphatic heterocycles. The molecular weight excluding hydrogens is 346 g/mol. The molecule has 8 heteroatoms. The Morgan fingerprint density at radius 2 is 2.07 bits per heavy atom. The Labute approximate surface area is 156 Å². The molecule has 8 nitrogen and oxygen atoms in total. The molecular formula is C19H21N5O3. The van der Waals surface area contributed by atoms with Gasteiger partial charge in [0.15, 0.2) is 5.82 Å². The number of morpholine rings is 1. The predicted octanol–water partition coefficient (Wildman–Crippen LogP) is 2.58. The zero-order chi connectivity index (χ0) is 18.8. The largest absolute Gasteiger partial charge is 0.497 e. The summed E-state index contributed by atoms with van der Waals surface area (Å²) in [5, 5.41) is 12.7. The number of ether oxygens (including phenoxy) is 2. The van der Waals surface area contributed by atoms with Gasteiger partial charge in [0, 0.05) is 13.6 Å². The van der Waals surface area contributed by atoms with Gasteiger partial charge in [-0.15, -0.1) is 5.10 Å². The number of aryl methyl sites for hydroxylation is 1. The van der Waals surface area contributed by atoms with Gasteiger partial charge in [0.25, 0.3) is 0 Å². The van der Waals surface area contributed by atoms with E-state index in [2.05, 4.69) is 27.8 Å². The number of fused-ring (bicyclic) bond motifs is 1. The van der Waals surface area contributed by atoms with Gasteiger partial charge in [-0.05, 0) is 34.5 Å². The minimum atomic E-state index is -0.200. The molecule has 0 bridgehead atoms. The third-order valence-electron chi connectivity index (χ3n) is 4.63. The normalized spacial score (nSPS) is 17.1. The number of rotatable bonds is 3. The highest BCUT2D eigenvalue weighted by molar-refractivity contribution is 5.88. The van der Waals surface area contributed by atoms with E-state index >= 15 is 0 Å². The smallest absolute Gasteiger partial charge is 0.323 e. The monoisotopic (exact) mass is 367 g/mol. The lowest BCUT2D eigenvalue weighted by Crippen LogP contribution is -2.44. The third-order valence-corrected chi connectivity index (χ3v) is 4.63. The fraction of sp³-hybridized carbons (Fsp3) is 0.316. The Kier molecular flexibility index (Phi) is 4.64. The SMILES string of the molecule is COc1ccc2cc([C@H]3CN(C(=O)Nc4cn(C)nn4)CCO3)ccc2c1. The van der Waals surface area contributed by atoms with Crippen molar-refractivity contribution < 1.29 is 14.3 Å². The van der Waals surface area contributed by atoms with Crippen LogP contribution in [0.25, 0.3) is 10.8 Å². The van der Waals surface area contributed by atoms with Crippen molar-refractivity contribution in [3.63, 3.8) is 0 Å². The zero-order valence-electron chi connectivity index (χ0n) is 15.3. The van der Waals surface area contributed by atoms with Gasteiger partial charge in [-0.25, -0.2) is 4.79 Å². The Bertz CT molecular complexity index is 971. The Balaban J connectivity index is 1.48. The molecule has 0 spiro atoms. The highest BCUT2D eigenvalue weighted by Gasteiger charge is 2.26. The average molecular weight is 367 g/mol. The van der Waals surface area contributed by atoms with Crippen LogP contribution in [0.2, 0.25) is 0 Å². The van der Waals surface area contributed by atoms with Crippen molar-refractivity contribution in [2.24, 2.45) is 7.05 Å². The highest BCUT2D eigenvalue weighted by Crippen LogP contribution is 2.28. The number of urea groups is 1. The topological polar surface area (TPSA) is 81.5 Å². The van der Waals surface area contributed by atoms with Crippen molar-refractivity contribution in [3.05, 3.63) is 48.2 Å². The fourth-order valence-electron chi connectivity index (χ4n) is 3.20. The summed E-state index contributed by atoms with van der Waals surface area (Å²) in [6.45, 7) is 1.50. The minimum Gasteiger partial charge on any atom is -0.497 e. The second-order valence-corrected chi connectivity index (χ2v) is 6.49. The number of methoxy groups -OCH3 is 1. The predicted molar refractivity (Wildman–Crippen MR) is 101 cm³/mol. The van der Waals surface area contributed by atoms with E-state index in [1.165, 1.54) is 0 Å². The van der Waals surface area contributed by atoms with Crippen LogP contribution in [-0.2, 0) is 11.8 Å². The molecule has 1 aliphatic rings. The molecule has 2 aromatic carbocycles. The number of nitrogens with one attached hydrogen (secondary N) is 1. The van der Waals surface area contributed by atoms with Crippen LogP contribution in [-0.4, -0.2) is 52.7 Å². The quantitative estimate of drug-likeness (QED) is 0.769. The number of anilines is 1. The van der Waals surface area contributed by atoms with Crippen LogP contribution in [0.15, 0.2) is 42.6 Å². The Morgan fingerprint density at radius 3 is 2.85 bits per heavy atom. The Morgan fingerprint density at radius 1 is 1.26 bits per heavy atom. The molecule has 0 unspecified atom stereocenters. The number of carbonyl (C=O) groups excluding carboxylic acids is 1. The third kappa shape index (κ3) is 3.70. The van der Waals surface area contributed by atoms with Gasteiger partial charge in [-0.3, -0.25) is 10.00 Å². The summed E-state index contributed by atoms with van der Waals surface area (Å²) in [7, 11) is 3.41. The van der Waals surface area contributed by atoms with Crippen molar-refractivity contribution in [1.29, 1.82) is 0 Å². The van der Waals surface area contributed by atoms with Gasteiger partial charge in [0.05, 0.1) is 26.5 Å². The molecule has 2 amide bonds. The van der Waals surface area contributed by atoms with Gasteiger partial charge in [-0.1, -0.05) is 23.4 Å². The number of benzene rings is 2. The maximum atomic E-state index is 12.5. The fourth-order valence-corrected chi connectivity index (χ4v) is 3.20. The van der Waals surface area contributed by atoms with E-state index in [0.717, 1.165) is 22.1 Å². The molecule has 0 radical (unpaired) electrons. The van der Waals surface area contributed by atoms with Gasteiger partial charge in [0.1, 0.15) is 11.9 Å². The first-order valence-corrected chi connectivity index (χ1v) is 8.74. The van der Waals surface area contributed by atoms with Crippen LogP contribution in [0, 0.1) is 0 Å². The van der Waals surface area contributed by atoms with Crippen LogP contribution < -0.4 is 10.1 Å². The van der Waals surface area contributed by atoms with E-state index < -0.39 is 0 Å². The van der Waals surface area contributed by atoms with E-state index in [1.54, 1.807) is 29.9 Å². The molecule has 1 saturated heterocycles. The van der Waals surface area contributed by atoms with Crippen LogP contribution >= 0.6 is 0 Å². The van der Waals surface area contributed by atoms with E-state index in [4.69, 9.17) is 9.47 Å². The molecule has 3 aromatic rings. The summed E-state index contributed by atoms with van der Waals surface area (Å²) in [5.74, 6) is 1.27. The van der Waals surface area contributed by atoms with Crippen molar-refractivity contribution in [2.75, 3.05) is 32.1 Å². The van der Waals surface area contributed by atoms with E-state index in [1.807, 2.05) is 24.3 Å². The number of hydrogen-bond acceptors (Lipinski definition) is 5. The van der Waals surface area contributed by atoms with Crippen molar-refractivity contribution in [3.8, 4) is 5.75 Å². The first kappa shape index (κ1) is 17.3. The van der Waals surface area contributed by atoms with Gasteiger partial charge in [0.2, 0.25) is 0 Å². The van der Waals surface area contributed by atoms with Crippen LogP contribution in [0.3, 0.4) is 0 Å². The average Bonchev–Trinajstić information content (AvgIpc) is 3.11. The van der Waals surface area contributed by atoms with Crippen LogP contribution in [0.1, 0.15) is 11.7 Å². The van der Waals surface area contributed by atoms with Gasteiger partial charge < -0.3 is 14.4 Å². The summed E-state index contributed by atoms with van der Waals surface area (Å²) in [6, 6.07) is 12.0. The maximum Gasteiger partial charge on any atom is 0.323 e. The molecule has 1 fully saturated rings. The lowest BCUT2D eigenvalue weighted by atomic mass is 10.0. The standard InChI is InChI=1S/C19H21N5O3/c1-23-12-18(21-22-23)20-19(25)24-7-8-27-17(11-24)15-4-3-14-10-16(26-2)6-5-13(14)9-15/h3-6,9-10,12,17H,7-8,11H2,1-2H3,(H,20,25)/t17-/m1/s1. The highest BCUT2D eigenvalue weighted by atomic mass is 16.5. The summed E-state index contributed by atoms with van der Waals surface area (Å²) >= 11 is 0. The Hall–Kier alpha value is -3.13. The number of amides is 2. The van der Waals surface area contributed by atoms with Gasteiger partial charge >= 0.3 is 6.03 Å². The van der Waals surface area contributed by atoms with Crippen molar-refractivity contribution in [1.82, 2.24) is 19.9 Å². The lowest BCUT2D eigenvalue weighted by molar-refractivity contribution is -0.0134. The van der Waals surface area contributed by atoms with E-state index in [0.29, 0.717) is 25.5 Å². The molecule has 27 heavy (non-hydrogen) atoms. The summed E-state index contributed by atoms with van der Waals surface area (Å²) in [6.07, 6.45) is 1.49. The van der Waals surface area contributed by atoms with Crippen molar-refractivity contribution in [2.45, 2.75) is 6.10 Å². The molecule has 1 aromatic heterocycles. The first-order valence-electron chi connectivity index (χ1n) is 8.74. The zero-order valence-corrected chi connectivity index (χ0v) is 15.3. The molecule has 1 atom stereocenters. The van der Waals surface area contributed by atoms with Crippen molar-refractivity contribution >= 4 is 22.6 Å². The van der Waals surface area contributed by atoms with Gasteiger partial charge in [-0.2, -0.15) is 0 Å². The van der Waals surface area contributed by atoms with Crippen LogP contribution in [0.5, 0.6) is 5.75 Å². The second-order valence-electron chi connectivity index (χ2n) is 6.49. The molecule has 2 heterocycles. The van der Waals surface area contributed by atoms with E-state index in [-0.39, 0.29) is 12.1 Å². The van der Waals surface area contributed by atoms with E-state index in [9.17, 15) is 4.79 Å². The summed E-state index contributed by atoms with van der Waals surface area (Å²) < 4.78 is 12.7. The second kappa shape index (κ2) is 7.24. The summed E-state index contributed by atoms with van der Waals surface area (Å²) in [4.78, 5) is 14.2. The minimum absolute atomic E-state index is 0.169. The molecule has 0 saturated carbocycles. The number of aromatic nitrogens is 3. The molecule has 4 rings (SSSR count). The number of nitrogens with zero attached hydrogens (tertiary/aromatic N) is 4. The summed E-state index contributed by atoms with van der Waals surface area (Å²) in [5.41, 5.74) is 1.05. The molecule has 0 aliphatic carbocycles. The number of carbonyl (C=O) groups is 1. The van der Waals surface area contributed by atoms with Crippen LogP contribution in [0.4, 0.5) is 10.6 Å². The lowest BCUT2D eigenvalue weighted by Gasteiger charge is -2.33. The molecule has 140 valence electrons.